The van der Waals surface area contributed by atoms with Crippen molar-refractivity contribution in [3.8, 4) is 17.1 Å². The molecule has 244 valence electrons. The van der Waals surface area contributed by atoms with Gasteiger partial charge in [-0.3, -0.25) is 4.90 Å². The van der Waals surface area contributed by atoms with Gasteiger partial charge in [0, 0.05) is 55.3 Å². The Bertz CT molecular complexity index is 1840. The molecule has 4 aliphatic heterocycles. The van der Waals surface area contributed by atoms with Gasteiger partial charge in [0.1, 0.15) is 23.8 Å². The number of alkyl halides is 3. The number of hydrogen-bond donors (Lipinski definition) is 2. The monoisotopic (exact) mass is 661 g/mol. The van der Waals surface area contributed by atoms with Crippen LogP contribution >= 0.6 is 11.3 Å². The molecule has 0 amide bonds. The molecule has 2 aromatic heterocycles. The number of methoxy groups -OCH3 is 1. The standard InChI is InChI=1S/C31H32F5N7O2S/c1-44-17-10-30(7-2-8-43(30)13-17)14-45-29-40-24-19(27(41-29)42-11-15-3-4-16(12-42)38-15)9-20(31(34,35)36)22(23(24)33)18-5-6-21(32)26-25(18)39-28(37)46-26/h5-6,9,15-17,38H,2-4,7-8,10-14H2,1H3,(H2,37,39)/t15?,16?,17-,30+/m1/s1. The molecule has 9 nitrogen and oxygen atoms in total. The molecule has 4 aromatic rings. The van der Waals surface area contributed by atoms with E-state index in [1.54, 1.807) is 7.11 Å². The molecular formula is C31H32F5N7O2S. The van der Waals surface area contributed by atoms with E-state index in [9.17, 15) is 17.6 Å². The Morgan fingerprint density at radius 3 is 2.61 bits per heavy atom. The SMILES string of the molecule is CO[C@H]1CN2CCC[C@@]2(COc2nc(N3CC4CCC(C3)N4)c3cc(C(F)(F)F)c(-c4ccc(F)c5sc(N)nc45)c(F)c3n2)C1. The zero-order valence-corrected chi connectivity index (χ0v) is 25.8. The average Bonchev–Trinajstić information content (AvgIpc) is 3.78. The lowest BCUT2D eigenvalue weighted by molar-refractivity contribution is -0.137. The second-order valence-electron chi connectivity index (χ2n) is 12.8. The van der Waals surface area contributed by atoms with Crippen molar-refractivity contribution in [2.45, 2.75) is 62.0 Å². The second kappa shape index (κ2) is 10.8. The highest BCUT2D eigenvalue weighted by molar-refractivity contribution is 7.22. The number of nitrogen functional groups attached to an aromatic ring is 1. The summed E-state index contributed by atoms with van der Waals surface area (Å²) in [6, 6.07) is 3.16. The van der Waals surface area contributed by atoms with E-state index in [2.05, 4.69) is 25.2 Å². The number of benzene rings is 2. The van der Waals surface area contributed by atoms with Crippen molar-refractivity contribution in [2.75, 3.05) is 50.5 Å². The molecule has 4 saturated heterocycles. The van der Waals surface area contributed by atoms with Gasteiger partial charge in [-0.1, -0.05) is 11.3 Å². The number of anilines is 2. The molecule has 0 radical (unpaired) electrons. The van der Waals surface area contributed by atoms with E-state index in [0.29, 0.717) is 13.1 Å². The fourth-order valence-corrected chi connectivity index (χ4v) is 8.73. The third-order valence-corrected chi connectivity index (χ3v) is 11.0. The number of halogens is 5. The molecule has 0 aliphatic carbocycles. The Hall–Kier alpha value is -3.40. The summed E-state index contributed by atoms with van der Waals surface area (Å²) in [5.41, 5.74) is 2.84. The minimum atomic E-state index is -4.97. The third-order valence-electron chi connectivity index (χ3n) is 10.1. The molecular weight excluding hydrogens is 629 g/mol. The van der Waals surface area contributed by atoms with E-state index in [4.69, 9.17) is 15.2 Å². The predicted octanol–water partition coefficient (Wildman–Crippen LogP) is 5.36. The lowest BCUT2D eigenvalue weighted by Crippen LogP contribution is -2.51. The summed E-state index contributed by atoms with van der Waals surface area (Å²) in [7, 11) is 1.69. The summed E-state index contributed by atoms with van der Waals surface area (Å²) in [6.45, 7) is 2.91. The van der Waals surface area contributed by atoms with Gasteiger partial charge in [0.2, 0.25) is 0 Å². The summed E-state index contributed by atoms with van der Waals surface area (Å²) in [4.78, 5) is 17.4. The Kier molecular flexibility index (Phi) is 7.05. The minimum Gasteiger partial charge on any atom is -0.461 e. The predicted molar refractivity (Wildman–Crippen MR) is 164 cm³/mol. The first-order valence-corrected chi connectivity index (χ1v) is 16.2. The first-order chi connectivity index (χ1) is 22.0. The van der Waals surface area contributed by atoms with Crippen molar-refractivity contribution in [2.24, 2.45) is 0 Å². The lowest BCUT2D eigenvalue weighted by atomic mass is 9.94. The number of nitrogens with zero attached hydrogens (tertiary/aromatic N) is 5. The fraction of sp³-hybridized carbons (Fsp3) is 0.516. The van der Waals surface area contributed by atoms with E-state index in [-0.39, 0.29) is 74.0 Å². The first kappa shape index (κ1) is 30.0. The summed E-state index contributed by atoms with van der Waals surface area (Å²) in [5, 5.41) is 3.40. The lowest BCUT2D eigenvalue weighted by Gasteiger charge is -2.35. The molecule has 6 heterocycles. The van der Waals surface area contributed by atoms with Gasteiger partial charge < -0.3 is 25.4 Å². The van der Waals surface area contributed by atoms with E-state index < -0.39 is 28.9 Å². The van der Waals surface area contributed by atoms with Crippen LogP contribution in [0.25, 0.3) is 32.2 Å². The largest absolute Gasteiger partial charge is 0.461 e. The van der Waals surface area contributed by atoms with Crippen LogP contribution in [0.15, 0.2) is 18.2 Å². The van der Waals surface area contributed by atoms with Crippen molar-refractivity contribution in [3.05, 3.63) is 35.4 Å². The van der Waals surface area contributed by atoms with Crippen molar-refractivity contribution in [3.63, 3.8) is 0 Å². The first-order valence-electron chi connectivity index (χ1n) is 15.4. The van der Waals surface area contributed by atoms with Crippen LogP contribution in [0.1, 0.15) is 37.7 Å². The van der Waals surface area contributed by atoms with Crippen LogP contribution in [0.3, 0.4) is 0 Å². The van der Waals surface area contributed by atoms with Crippen LogP contribution in [0.5, 0.6) is 6.01 Å². The average molecular weight is 662 g/mol. The Morgan fingerprint density at radius 2 is 1.87 bits per heavy atom. The maximum Gasteiger partial charge on any atom is 0.417 e. The highest BCUT2D eigenvalue weighted by Crippen LogP contribution is 2.47. The van der Waals surface area contributed by atoms with Crippen molar-refractivity contribution in [1.82, 2.24) is 25.2 Å². The van der Waals surface area contributed by atoms with Gasteiger partial charge in [0.05, 0.1) is 27.4 Å². The number of nitrogens with two attached hydrogens (primary N) is 1. The molecule has 2 bridgehead atoms. The molecule has 4 fully saturated rings. The van der Waals surface area contributed by atoms with Crippen molar-refractivity contribution >= 4 is 43.4 Å². The van der Waals surface area contributed by atoms with Crippen molar-refractivity contribution in [1.29, 1.82) is 0 Å². The maximum absolute atomic E-state index is 16.9. The molecule has 2 unspecified atom stereocenters. The minimum absolute atomic E-state index is 0.0484. The maximum atomic E-state index is 16.9. The number of nitrogens with one attached hydrogen (secondary N) is 1. The Balaban J connectivity index is 1.31. The van der Waals surface area contributed by atoms with Crippen LogP contribution < -0.4 is 20.7 Å². The van der Waals surface area contributed by atoms with Crippen LogP contribution in [-0.4, -0.2) is 83.5 Å². The molecule has 8 rings (SSSR count). The normalized spacial score (nSPS) is 26.5. The second-order valence-corrected chi connectivity index (χ2v) is 13.9. The molecule has 15 heteroatoms. The van der Waals surface area contributed by atoms with Gasteiger partial charge >= 0.3 is 12.2 Å². The van der Waals surface area contributed by atoms with Gasteiger partial charge in [-0.25, -0.2) is 13.8 Å². The summed E-state index contributed by atoms with van der Waals surface area (Å²) >= 11 is 0.784. The third kappa shape index (κ3) is 4.85. The van der Waals surface area contributed by atoms with E-state index in [0.717, 1.165) is 74.7 Å². The molecule has 3 N–H and O–H groups in total. The molecule has 0 saturated carbocycles. The summed E-state index contributed by atoms with van der Waals surface area (Å²) < 4.78 is 87.8. The van der Waals surface area contributed by atoms with Gasteiger partial charge in [0.15, 0.2) is 10.9 Å². The number of thiazole rings is 1. The molecule has 4 atom stereocenters. The smallest absolute Gasteiger partial charge is 0.417 e. The van der Waals surface area contributed by atoms with Gasteiger partial charge in [0.25, 0.3) is 0 Å². The van der Waals surface area contributed by atoms with E-state index in [1.807, 2.05) is 4.90 Å². The number of fused-ring (bicyclic) bond motifs is 5. The Morgan fingerprint density at radius 1 is 1.09 bits per heavy atom. The number of piperazine rings is 1. The molecule has 2 aromatic carbocycles. The highest BCUT2D eigenvalue weighted by Gasteiger charge is 2.49. The van der Waals surface area contributed by atoms with Gasteiger partial charge in [-0.15, -0.1) is 0 Å². The number of ether oxygens (including phenoxy) is 2. The zero-order valence-electron chi connectivity index (χ0n) is 25.0. The van der Waals surface area contributed by atoms with Crippen LogP contribution in [0.4, 0.5) is 32.9 Å². The number of hydrogen-bond acceptors (Lipinski definition) is 10. The quantitative estimate of drug-likeness (QED) is 0.265. The molecule has 4 aliphatic rings. The molecule has 0 spiro atoms. The zero-order chi connectivity index (χ0) is 32.0. The summed E-state index contributed by atoms with van der Waals surface area (Å²) in [5.74, 6) is -1.73. The van der Waals surface area contributed by atoms with E-state index in [1.165, 1.54) is 0 Å². The Labute approximate surface area is 264 Å². The van der Waals surface area contributed by atoms with Gasteiger partial charge in [-0.05, 0) is 56.8 Å². The topological polar surface area (TPSA) is 102 Å². The number of aromatic nitrogens is 3. The van der Waals surface area contributed by atoms with Crippen LogP contribution in [-0.2, 0) is 10.9 Å². The molecule has 46 heavy (non-hydrogen) atoms. The van der Waals surface area contributed by atoms with Crippen LogP contribution in [0.2, 0.25) is 0 Å². The van der Waals surface area contributed by atoms with E-state index >= 15 is 4.39 Å². The van der Waals surface area contributed by atoms with Crippen LogP contribution in [0, 0.1) is 11.6 Å². The summed E-state index contributed by atoms with van der Waals surface area (Å²) in [6.07, 6.45) is -0.408. The highest BCUT2D eigenvalue weighted by atomic mass is 32.1. The number of rotatable bonds is 6. The fourth-order valence-electron chi connectivity index (χ4n) is 7.97. The van der Waals surface area contributed by atoms with Crippen molar-refractivity contribution < 1.29 is 31.4 Å². The van der Waals surface area contributed by atoms with Gasteiger partial charge in [-0.2, -0.15) is 23.1 Å².